The Hall–Kier alpha value is -0.680. The van der Waals surface area contributed by atoms with Gasteiger partial charge in [0.2, 0.25) is 0 Å². The summed E-state index contributed by atoms with van der Waals surface area (Å²) < 4.78 is 0. The summed E-state index contributed by atoms with van der Waals surface area (Å²) in [7, 11) is 1.86. The molecule has 1 fully saturated rings. The molecule has 0 aromatic rings. The summed E-state index contributed by atoms with van der Waals surface area (Å²) in [4.78, 5) is 11.8. The Kier molecular flexibility index (Phi) is 2.18. The second kappa shape index (κ2) is 2.94. The van der Waals surface area contributed by atoms with Gasteiger partial charge >= 0.3 is 0 Å². The summed E-state index contributed by atoms with van der Waals surface area (Å²) in [6.45, 7) is 2.95. The van der Waals surface area contributed by atoms with Crippen LogP contribution in [0.5, 0.6) is 0 Å². The minimum atomic E-state index is -0.626. The van der Waals surface area contributed by atoms with Gasteiger partial charge in [0, 0.05) is 18.0 Å². The molecule has 0 bridgehead atoms. The predicted octanol–water partition coefficient (Wildman–Crippen LogP) is -0.714. The molecule has 0 amide bonds. The van der Waals surface area contributed by atoms with Crippen LogP contribution >= 0.6 is 0 Å². The number of piperazine rings is 1. The van der Waals surface area contributed by atoms with Crippen LogP contribution in [-0.4, -0.2) is 36.1 Å². The van der Waals surface area contributed by atoms with E-state index >= 15 is 0 Å². The fraction of sp³-hybridized carbons (Fsp3) is 0.800. The molecule has 10 heavy (non-hydrogen) atoms. The number of nitrogens with one attached hydrogen (secondary N) is 1. The lowest BCUT2D eigenvalue weighted by Gasteiger charge is -2.24. The van der Waals surface area contributed by atoms with Crippen LogP contribution in [0.1, 0.15) is 0 Å². The topological polar surface area (TPSA) is 58.4 Å². The molecule has 1 saturated heterocycles. The number of hydrogen-bond donors (Lipinski definition) is 1. The molecule has 1 aliphatic heterocycles. The van der Waals surface area contributed by atoms with Crippen molar-refractivity contribution < 1.29 is 4.92 Å². The van der Waals surface area contributed by atoms with E-state index in [0.717, 1.165) is 6.54 Å². The third kappa shape index (κ3) is 1.65. The van der Waals surface area contributed by atoms with E-state index in [1.807, 2.05) is 11.9 Å². The first-order chi connectivity index (χ1) is 4.70. The van der Waals surface area contributed by atoms with Gasteiger partial charge in [0.25, 0.3) is 6.17 Å². The molecule has 0 aromatic heterocycles. The molecular formula is C5H10N3O2. The third-order valence-electron chi connectivity index (χ3n) is 1.45. The van der Waals surface area contributed by atoms with Gasteiger partial charge in [-0.25, -0.2) is 5.32 Å². The van der Waals surface area contributed by atoms with Gasteiger partial charge < -0.3 is 0 Å². The molecule has 1 aliphatic rings. The van der Waals surface area contributed by atoms with Crippen molar-refractivity contribution in [1.29, 1.82) is 0 Å². The molecule has 1 N–H and O–H groups in total. The molecular weight excluding hydrogens is 134 g/mol. The summed E-state index contributed by atoms with van der Waals surface area (Å²) in [6, 6.07) is 0. The summed E-state index contributed by atoms with van der Waals surface area (Å²) in [5.74, 6) is 0. The highest BCUT2D eigenvalue weighted by Gasteiger charge is 2.24. The van der Waals surface area contributed by atoms with Gasteiger partial charge in [-0.15, -0.1) is 0 Å². The summed E-state index contributed by atoms with van der Waals surface area (Å²) >= 11 is 0. The van der Waals surface area contributed by atoms with Crippen LogP contribution in [0.3, 0.4) is 0 Å². The van der Waals surface area contributed by atoms with Crippen molar-refractivity contribution >= 4 is 0 Å². The average molecular weight is 144 g/mol. The number of likely N-dealkylation sites (N-methyl/N-ethyl adjacent to an activating group) is 1. The molecule has 1 rings (SSSR count). The van der Waals surface area contributed by atoms with Crippen LogP contribution in [-0.2, 0) is 0 Å². The minimum Gasteiger partial charge on any atom is -0.297 e. The minimum absolute atomic E-state index is 0.313. The molecule has 1 heterocycles. The van der Waals surface area contributed by atoms with Crippen LogP contribution in [0.15, 0.2) is 0 Å². The van der Waals surface area contributed by atoms with Gasteiger partial charge in [-0.2, -0.15) is 0 Å². The zero-order valence-electron chi connectivity index (χ0n) is 5.78. The van der Waals surface area contributed by atoms with Gasteiger partial charge in [-0.3, -0.25) is 15.0 Å². The third-order valence-corrected chi connectivity index (χ3v) is 1.45. The molecule has 1 radical (unpaired) electrons. The first-order valence-electron chi connectivity index (χ1n) is 3.10. The van der Waals surface area contributed by atoms with Crippen LogP contribution in [0.4, 0.5) is 0 Å². The maximum Gasteiger partial charge on any atom is 0.278 e. The van der Waals surface area contributed by atoms with Crippen LogP contribution < -0.4 is 5.32 Å². The first-order valence-corrected chi connectivity index (χ1v) is 3.10. The molecule has 0 spiro atoms. The number of nitrogens with zero attached hydrogens (tertiary/aromatic N) is 2. The fourth-order valence-corrected chi connectivity index (χ4v) is 0.895. The number of rotatable bonds is 1. The predicted molar refractivity (Wildman–Crippen MR) is 35.7 cm³/mol. The number of hydrogen-bond acceptors (Lipinski definition) is 4. The van der Waals surface area contributed by atoms with Crippen LogP contribution in [0.2, 0.25) is 0 Å². The quantitative estimate of drug-likeness (QED) is 0.390. The average Bonchev–Trinajstić information content (AvgIpc) is 1.88. The van der Waals surface area contributed by atoms with E-state index in [-0.39, 0.29) is 4.92 Å². The van der Waals surface area contributed by atoms with Crippen molar-refractivity contribution in [3.63, 3.8) is 0 Å². The fourth-order valence-electron chi connectivity index (χ4n) is 0.895. The second-order valence-corrected chi connectivity index (χ2v) is 2.39. The van der Waals surface area contributed by atoms with E-state index in [9.17, 15) is 10.1 Å². The van der Waals surface area contributed by atoms with Gasteiger partial charge in [0.05, 0.1) is 6.54 Å². The maximum atomic E-state index is 10.2. The summed E-state index contributed by atoms with van der Waals surface area (Å²) in [5, 5.41) is 12.9. The van der Waals surface area contributed by atoms with Gasteiger partial charge in [0.15, 0.2) is 0 Å². The summed E-state index contributed by atoms with van der Waals surface area (Å²) in [5.41, 5.74) is 0. The van der Waals surface area contributed by atoms with E-state index in [4.69, 9.17) is 0 Å². The lowest BCUT2D eigenvalue weighted by atomic mass is 10.3. The largest absolute Gasteiger partial charge is 0.297 e. The van der Waals surface area contributed by atoms with Crippen molar-refractivity contribution in [1.82, 2.24) is 10.2 Å². The van der Waals surface area contributed by atoms with Gasteiger partial charge in [-0.1, -0.05) is 0 Å². The molecule has 57 valence electrons. The Morgan fingerprint density at radius 3 is 3.00 bits per heavy atom. The van der Waals surface area contributed by atoms with Gasteiger partial charge in [0.1, 0.15) is 0 Å². The van der Waals surface area contributed by atoms with E-state index in [1.165, 1.54) is 0 Å². The number of nitro groups is 1. The van der Waals surface area contributed by atoms with Crippen LogP contribution in [0.25, 0.3) is 0 Å². The normalized spacial score (nSPS) is 28.3. The van der Waals surface area contributed by atoms with Crippen molar-refractivity contribution in [2.45, 2.75) is 6.17 Å². The Morgan fingerprint density at radius 1 is 1.90 bits per heavy atom. The summed E-state index contributed by atoms with van der Waals surface area (Å²) in [6.07, 6.45) is -0.626. The van der Waals surface area contributed by atoms with Crippen molar-refractivity contribution in [3.05, 3.63) is 16.7 Å². The Labute approximate surface area is 59.2 Å². The molecule has 5 heteroatoms. The molecule has 0 aliphatic carbocycles. The highest BCUT2D eigenvalue weighted by molar-refractivity contribution is 4.77. The van der Waals surface area contributed by atoms with Gasteiger partial charge in [-0.05, 0) is 7.05 Å². The molecule has 5 nitrogen and oxygen atoms in total. The van der Waals surface area contributed by atoms with E-state index in [2.05, 4.69) is 5.32 Å². The van der Waals surface area contributed by atoms with E-state index < -0.39 is 6.17 Å². The highest BCUT2D eigenvalue weighted by Crippen LogP contribution is 1.97. The Balaban J connectivity index is 2.39. The Morgan fingerprint density at radius 2 is 2.60 bits per heavy atom. The van der Waals surface area contributed by atoms with Crippen molar-refractivity contribution in [2.75, 3.05) is 20.1 Å². The molecule has 1 unspecified atom stereocenters. The van der Waals surface area contributed by atoms with E-state index in [0.29, 0.717) is 6.54 Å². The maximum absolute atomic E-state index is 10.2. The second-order valence-electron chi connectivity index (χ2n) is 2.39. The van der Waals surface area contributed by atoms with Crippen molar-refractivity contribution in [2.24, 2.45) is 0 Å². The molecule has 0 saturated carbocycles. The molecule has 0 aromatic carbocycles. The Bertz CT molecular complexity index is 139. The zero-order chi connectivity index (χ0) is 7.56. The SMILES string of the molecule is CN1C[CH]NC([N+](=O)[O-])C1. The smallest absolute Gasteiger partial charge is 0.278 e. The van der Waals surface area contributed by atoms with Crippen LogP contribution in [0, 0.1) is 16.7 Å². The van der Waals surface area contributed by atoms with Crippen molar-refractivity contribution in [3.8, 4) is 0 Å². The zero-order valence-corrected chi connectivity index (χ0v) is 5.78. The first kappa shape index (κ1) is 7.43. The van der Waals surface area contributed by atoms with E-state index in [1.54, 1.807) is 6.54 Å². The standard InChI is InChI=1S/C5H10N3O2/c1-7-3-2-6-5(4-7)8(9)10/h2,5-6H,3-4H2,1H3. The lowest BCUT2D eigenvalue weighted by Crippen LogP contribution is -2.50. The molecule has 1 atom stereocenters. The lowest BCUT2D eigenvalue weighted by molar-refractivity contribution is -0.530. The highest BCUT2D eigenvalue weighted by atomic mass is 16.6. The monoisotopic (exact) mass is 144 g/mol.